The lowest BCUT2D eigenvalue weighted by Crippen LogP contribution is -2.29. The number of carbonyl (C=O) groups excluding carboxylic acids is 1. The van der Waals surface area contributed by atoms with Crippen molar-refractivity contribution < 1.29 is 23.0 Å². The smallest absolute Gasteiger partial charge is 0.359 e. The highest BCUT2D eigenvalue weighted by atomic mass is 19.3. The molecule has 27 heavy (non-hydrogen) atoms. The lowest BCUT2D eigenvalue weighted by molar-refractivity contribution is 0.000374. The molecule has 3 heterocycles. The average Bonchev–Trinajstić information content (AvgIpc) is 3.14. The lowest BCUT2D eigenvalue weighted by Gasteiger charge is -2.36. The maximum absolute atomic E-state index is 14.0. The summed E-state index contributed by atoms with van der Waals surface area (Å²) in [6, 6.07) is 0. The summed E-state index contributed by atoms with van der Waals surface area (Å²) in [4.78, 5) is 12.5. The molecule has 7 heteroatoms. The standard InChI is InChI=1S/C20H28F2N2O3/c1-2-27-19(25)18-17(16-10-20(21,22)12-24(16)23-18)14-6-3-5-13(9-14)15-7-4-8-26-11-15/h13-15H,2-12H2,1H3/t13?,14-,15-/m0/s1. The van der Waals surface area contributed by atoms with Crippen molar-refractivity contribution in [3.8, 4) is 0 Å². The molecule has 1 aliphatic carbocycles. The van der Waals surface area contributed by atoms with Crippen LogP contribution in [-0.4, -0.2) is 41.5 Å². The van der Waals surface area contributed by atoms with E-state index in [0.717, 1.165) is 50.9 Å². The summed E-state index contributed by atoms with van der Waals surface area (Å²) in [5.74, 6) is -2.10. The average molecular weight is 382 g/mol. The Morgan fingerprint density at radius 3 is 2.85 bits per heavy atom. The van der Waals surface area contributed by atoms with E-state index >= 15 is 0 Å². The zero-order valence-corrected chi connectivity index (χ0v) is 15.9. The predicted octanol–water partition coefficient (Wildman–Crippen LogP) is 3.95. The number of ether oxygens (including phenoxy) is 2. The number of esters is 1. The molecule has 0 amide bonds. The molecule has 1 aromatic heterocycles. The Balaban J connectivity index is 1.62. The number of hydrogen-bond donors (Lipinski definition) is 0. The van der Waals surface area contributed by atoms with Crippen molar-refractivity contribution in [3.05, 3.63) is 17.0 Å². The van der Waals surface area contributed by atoms with Crippen molar-refractivity contribution in [2.75, 3.05) is 19.8 Å². The van der Waals surface area contributed by atoms with E-state index in [1.165, 1.54) is 11.1 Å². The Hall–Kier alpha value is -1.50. The highest BCUT2D eigenvalue weighted by Gasteiger charge is 2.44. The van der Waals surface area contributed by atoms with Gasteiger partial charge in [0, 0.05) is 24.5 Å². The number of alkyl halides is 2. The fourth-order valence-electron chi connectivity index (χ4n) is 5.18. The molecule has 150 valence electrons. The van der Waals surface area contributed by atoms with Gasteiger partial charge >= 0.3 is 5.97 Å². The molecule has 5 nitrogen and oxygen atoms in total. The molecule has 3 aliphatic rings. The monoisotopic (exact) mass is 382 g/mol. The van der Waals surface area contributed by atoms with Crippen LogP contribution in [0.5, 0.6) is 0 Å². The lowest BCUT2D eigenvalue weighted by atomic mass is 9.71. The van der Waals surface area contributed by atoms with Gasteiger partial charge in [0.25, 0.3) is 5.92 Å². The predicted molar refractivity (Wildman–Crippen MR) is 95.1 cm³/mol. The summed E-state index contributed by atoms with van der Waals surface area (Å²) in [7, 11) is 0. The van der Waals surface area contributed by atoms with Crippen LogP contribution in [0.25, 0.3) is 0 Å². The minimum absolute atomic E-state index is 0.0998. The van der Waals surface area contributed by atoms with Crippen molar-refractivity contribution in [1.82, 2.24) is 9.78 Å². The molecule has 4 rings (SSSR count). The van der Waals surface area contributed by atoms with Gasteiger partial charge in [0.1, 0.15) is 6.54 Å². The van der Waals surface area contributed by atoms with Gasteiger partial charge in [-0.1, -0.05) is 12.8 Å². The summed E-state index contributed by atoms with van der Waals surface area (Å²) in [6.45, 7) is 3.19. The molecule has 2 fully saturated rings. The maximum atomic E-state index is 14.0. The highest BCUT2D eigenvalue weighted by Crippen LogP contribution is 2.45. The maximum Gasteiger partial charge on any atom is 0.359 e. The molecule has 1 aromatic rings. The van der Waals surface area contributed by atoms with Crippen LogP contribution in [0.3, 0.4) is 0 Å². The van der Waals surface area contributed by atoms with Crippen LogP contribution in [0.2, 0.25) is 0 Å². The number of rotatable bonds is 4. The fourth-order valence-corrected chi connectivity index (χ4v) is 5.18. The summed E-state index contributed by atoms with van der Waals surface area (Å²) < 4.78 is 40.1. The topological polar surface area (TPSA) is 53.3 Å². The van der Waals surface area contributed by atoms with Crippen LogP contribution in [0.1, 0.15) is 73.1 Å². The van der Waals surface area contributed by atoms with Crippen molar-refractivity contribution in [3.63, 3.8) is 0 Å². The molecule has 1 saturated heterocycles. The van der Waals surface area contributed by atoms with Crippen LogP contribution in [0.15, 0.2) is 0 Å². The second-order valence-corrected chi connectivity index (χ2v) is 8.22. The first-order valence-corrected chi connectivity index (χ1v) is 10.2. The SMILES string of the molecule is CCOC(=O)c1nn2c(c1[C@H]1CCCC([C@H]3CCCOC3)C1)CC(F)(F)C2. The Labute approximate surface area is 158 Å². The van der Waals surface area contributed by atoms with E-state index in [2.05, 4.69) is 5.10 Å². The van der Waals surface area contributed by atoms with Gasteiger partial charge in [-0.15, -0.1) is 0 Å². The summed E-state index contributed by atoms with van der Waals surface area (Å²) >= 11 is 0. The number of halogens is 2. The van der Waals surface area contributed by atoms with Gasteiger partial charge in [-0.2, -0.15) is 5.10 Å². The van der Waals surface area contributed by atoms with Crippen LogP contribution < -0.4 is 0 Å². The van der Waals surface area contributed by atoms with Gasteiger partial charge in [-0.05, 0) is 50.4 Å². The third-order valence-corrected chi connectivity index (χ3v) is 6.36. The molecular weight excluding hydrogens is 354 g/mol. The molecular formula is C20H28F2N2O3. The van der Waals surface area contributed by atoms with E-state index in [9.17, 15) is 13.6 Å². The molecule has 1 unspecified atom stereocenters. The van der Waals surface area contributed by atoms with Crippen LogP contribution in [0, 0.1) is 11.8 Å². The molecule has 0 spiro atoms. The van der Waals surface area contributed by atoms with Gasteiger partial charge in [-0.3, -0.25) is 4.68 Å². The van der Waals surface area contributed by atoms with Gasteiger partial charge < -0.3 is 9.47 Å². The molecule has 0 radical (unpaired) electrons. The normalized spacial score (nSPS) is 30.1. The Bertz CT molecular complexity index is 698. The zero-order chi connectivity index (χ0) is 19.0. The van der Waals surface area contributed by atoms with Gasteiger partial charge in [0.05, 0.1) is 13.0 Å². The van der Waals surface area contributed by atoms with E-state index in [1.807, 2.05) is 0 Å². The Morgan fingerprint density at radius 1 is 1.30 bits per heavy atom. The van der Waals surface area contributed by atoms with Gasteiger partial charge in [-0.25, -0.2) is 13.6 Å². The molecule has 0 N–H and O–H groups in total. The number of carbonyl (C=O) groups is 1. The quantitative estimate of drug-likeness (QED) is 0.740. The highest BCUT2D eigenvalue weighted by molar-refractivity contribution is 5.89. The summed E-state index contributed by atoms with van der Waals surface area (Å²) in [6.07, 6.45) is 5.98. The molecule has 3 atom stereocenters. The van der Waals surface area contributed by atoms with Crippen molar-refractivity contribution in [1.29, 1.82) is 0 Å². The third kappa shape index (κ3) is 3.75. The minimum atomic E-state index is -2.78. The summed E-state index contributed by atoms with van der Waals surface area (Å²) in [5, 5.41) is 4.26. The van der Waals surface area contributed by atoms with Crippen molar-refractivity contribution in [2.24, 2.45) is 11.8 Å². The molecule has 0 bridgehead atoms. The second-order valence-electron chi connectivity index (χ2n) is 8.22. The number of nitrogens with zero attached hydrogens (tertiary/aromatic N) is 2. The largest absolute Gasteiger partial charge is 0.461 e. The minimum Gasteiger partial charge on any atom is -0.461 e. The van der Waals surface area contributed by atoms with E-state index in [4.69, 9.17) is 9.47 Å². The second kappa shape index (κ2) is 7.49. The molecule has 2 aliphatic heterocycles. The van der Waals surface area contributed by atoms with Crippen molar-refractivity contribution in [2.45, 2.75) is 70.3 Å². The van der Waals surface area contributed by atoms with E-state index in [-0.39, 0.29) is 24.6 Å². The van der Waals surface area contributed by atoms with Crippen LogP contribution in [0.4, 0.5) is 8.78 Å². The molecule has 0 aromatic carbocycles. The summed E-state index contributed by atoms with van der Waals surface area (Å²) in [5.41, 5.74) is 1.52. The van der Waals surface area contributed by atoms with E-state index in [0.29, 0.717) is 17.5 Å². The third-order valence-electron chi connectivity index (χ3n) is 6.36. The first-order valence-electron chi connectivity index (χ1n) is 10.2. The first kappa shape index (κ1) is 18.8. The fraction of sp³-hybridized carbons (Fsp3) is 0.800. The Morgan fingerprint density at radius 2 is 2.11 bits per heavy atom. The number of hydrogen-bond acceptors (Lipinski definition) is 4. The first-order chi connectivity index (χ1) is 13.0. The van der Waals surface area contributed by atoms with Crippen LogP contribution in [-0.2, 0) is 22.4 Å². The zero-order valence-electron chi connectivity index (χ0n) is 15.9. The molecule has 1 saturated carbocycles. The Kier molecular flexibility index (Phi) is 5.23. The van der Waals surface area contributed by atoms with Gasteiger partial charge in [0.2, 0.25) is 0 Å². The van der Waals surface area contributed by atoms with E-state index in [1.54, 1.807) is 6.92 Å². The number of aromatic nitrogens is 2. The number of fused-ring (bicyclic) bond motifs is 1. The van der Waals surface area contributed by atoms with Crippen LogP contribution >= 0.6 is 0 Å². The van der Waals surface area contributed by atoms with Crippen molar-refractivity contribution >= 4 is 5.97 Å². The van der Waals surface area contributed by atoms with E-state index < -0.39 is 18.4 Å². The van der Waals surface area contributed by atoms with Gasteiger partial charge in [0.15, 0.2) is 5.69 Å².